The summed E-state index contributed by atoms with van der Waals surface area (Å²) in [6.45, 7) is 2.59. The fourth-order valence-electron chi connectivity index (χ4n) is 2.54. The summed E-state index contributed by atoms with van der Waals surface area (Å²) in [6, 6.07) is 0. The van der Waals surface area contributed by atoms with E-state index in [0.29, 0.717) is 24.4 Å². The van der Waals surface area contributed by atoms with Crippen molar-refractivity contribution in [3.8, 4) is 0 Å². The third-order valence-electron chi connectivity index (χ3n) is 3.61. The summed E-state index contributed by atoms with van der Waals surface area (Å²) in [6.07, 6.45) is -0.940. The van der Waals surface area contributed by atoms with Crippen LogP contribution in [0.5, 0.6) is 0 Å². The van der Waals surface area contributed by atoms with Gasteiger partial charge >= 0.3 is 6.18 Å². The van der Waals surface area contributed by atoms with Crippen LogP contribution in [0.15, 0.2) is 12.7 Å². The minimum absolute atomic E-state index is 0.291. The SMILES string of the molecule is Cc1nc2ncnn2c(C)c1CCc1ncnn1CC(F)(F)F. The summed E-state index contributed by atoms with van der Waals surface area (Å²) < 4.78 is 40.0. The van der Waals surface area contributed by atoms with Crippen LogP contribution < -0.4 is 0 Å². The molecule has 0 bridgehead atoms. The molecular weight excluding hydrogens is 311 g/mol. The number of nitrogens with zero attached hydrogens (tertiary/aromatic N) is 7. The van der Waals surface area contributed by atoms with Gasteiger partial charge in [0.1, 0.15) is 25.0 Å². The second-order valence-electron chi connectivity index (χ2n) is 5.18. The lowest BCUT2D eigenvalue weighted by molar-refractivity contribution is -0.143. The van der Waals surface area contributed by atoms with E-state index in [2.05, 4.69) is 25.1 Å². The molecule has 0 atom stereocenters. The minimum atomic E-state index is -4.32. The van der Waals surface area contributed by atoms with E-state index in [1.54, 1.807) is 4.52 Å². The van der Waals surface area contributed by atoms with Gasteiger partial charge in [-0.05, 0) is 25.8 Å². The molecule has 0 aliphatic carbocycles. The molecule has 0 unspecified atom stereocenters. The van der Waals surface area contributed by atoms with Crippen molar-refractivity contribution in [2.75, 3.05) is 0 Å². The first kappa shape index (κ1) is 15.4. The highest BCUT2D eigenvalue weighted by atomic mass is 19.4. The van der Waals surface area contributed by atoms with E-state index in [-0.39, 0.29) is 0 Å². The molecule has 122 valence electrons. The van der Waals surface area contributed by atoms with Gasteiger partial charge in [-0.2, -0.15) is 28.4 Å². The zero-order valence-electron chi connectivity index (χ0n) is 12.5. The molecule has 0 radical (unpaired) electrons. The van der Waals surface area contributed by atoms with Gasteiger partial charge in [-0.25, -0.2) is 19.2 Å². The second kappa shape index (κ2) is 5.60. The Kier molecular flexibility index (Phi) is 3.74. The summed E-state index contributed by atoms with van der Waals surface area (Å²) in [5, 5.41) is 7.73. The van der Waals surface area contributed by atoms with Crippen LogP contribution in [0.2, 0.25) is 0 Å². The number of alkyl halides is 3. The maximum absolute atomic E-state index is 12.5. The van der Waals surface area contributed by atoms with E-state index in [9.17, 15) is 13.2 Å². The molecule has 0 fully saturated rings. The zero-order chi connectivity index (χ0) is 16.6. The molecule has 0 aliphatic heterocycles. The summed E-state index contributed by atoms with van der Waals surface area (Å²) in [5.74, 6) is 0.795. The Bertz CT molecular complexity index is 834. The molecule has 3 aromatic rings. The van der Waals surface area contributed by atoms with Gasteiger partial charge in [0, 0.05) is 17.8 Å². The molecule has 3 rings (SSSR count). The summed E-state index contributed by atoms with van der Waals surface area (Å²) in [4.78, 5) is 12.3. The van der Waals surface area contributed by atoms with Crippen molar-refractivity contribution in [3.63, 3.8) is 0 Å². The van der Waals surface area contributed by atoms with Crippen LogP contribution in [0.25, 0.3) is 5.78 Å². The van der Waals surface area contributed by atoms with Crippen molar-refractivity contribution in [1.29, 1.82) is 0 Å². The molecule has 23 heavy (non-hydrogen) atoms. The fourth-order valence-corrected chi connectivity index (χ4v) is 2.54. The van der Waals surface area contributed by atoms with Crippen LogP contribution in [-0.2, 0) is 19.4 Å². The van der Waals surface area contributed by atoms with Gasteiger partial charge in [0.05, 0.1) is 0 Å². The molecule has 3 aromatic heterocycles. The highest BCUT2D eigenvalue weighted by molar-refractivity contribution is 5.36. The third kappa shape index (κ3) is 3.15. The van der Waals surface area contributed by atoms with Crippen LogP contribution >= 0.6 is 0 Å². The minimum Gasteiger partial charge on any atom is -0.241 e. The van der Waals surface area contributed by atoms with Gasteiger partial charge in [-0.1, -0.05) is 0 Å². The summed E-state index contributed by atoms with van der Waals surface area (Å²) in [5.41, 5.74) is 2.57. The monoisotopic (exact) mass is 325 g/mol. The number of aromatic nitrogens is 7. The van der Waals surface area contributed by atoms with Gasteiger partial charge in [0.2, 0.25) is 0 Å². The molecule has 3 heterocycles. The third-order valence-corrected chi connectivity index (χ3v) is 3.61. The Hall–Kier alpha value is -2.52. The number of rotatable bonds is 4. The van der Waals surface area contributed by atoms with Crippen LogP contribution in [0, 0.1) is 13.8 Å². The molecule has 0 N–H and O–H groups in total. The molecule has 0 aromatic carbocycles. The summed E-state index contributed by atoms with van der Waals surface area (Å²) >= 11 is 0. The van der Waals surface area contributed by atoms with Gasteiger partial charge in [0.15, 0.2) is 0 Å². The number of fused-ring (bicyclic) bond motifs is 1. The van der Waals surface area contributed by atoms with E-state index >= 15 is 0 Å². The number of halogens is 3. The number of aryl methyl sites for hydroxylation is 3. The molecule has 0 spiro atoms. The normalized spacial score (nSPS) is 12.2. The van der Waals surface area contributed by atoms with Crippen LogP contribution in [0.1, 0.15) is 22.8 Å². The van der Waals surface area contributed by atoms with Crippen molar-refractivity contribution in [1.82, 2.24) is 34.3 Å². The van der Waals surface area contributed by atoms with E-state index in [0.717, 1.165) is 28.0 Å². The molecule has 7 nitrogen and oxygen atoms in total. The average Bonchev–Trinajstić information content (AvgIpc) is 3.06. The molecule has 0 saturated heterocycles. The van der Waals surface area contributed by atoms with Crippen molar-refractivity contribution < 1.29 is 13.2 Å². The molecular formula is C13H14F3N7. The first-order valence-corrected chi connectivity index (χ1v) is 6.94. The maximum atomic E-state index is 12.5. The number of hydrogen-bond acceptors (Lipinski definition) is 5. The van der Waals surface area contributed by atoms with E-state index in [4.69, 9.17) is 0 Å². The lowest BCUT2D eigenvalue weighted by Crippen LogP contribution is -2.21. The Morgan fingerprint density at radius 2 is 1.78 bits per heavy atom. The summed E-state index contributed by atoms with van der Waals surface area (Å²) in [7, 11) is 0. The van der Waals surface area contributed by atoms with Crippen molar-refractivity contribution in [2.45, 2.75) is 39.4 Å². The lowest BCUT2D eigenvalue weighted by Gasteiger charge is -2.11. The molecule has 0 aliphatic rings. The van der Waals surface area contributed by atoms with Gasteiger partial charge in [-0.3, -0.25) is 0 Å². The second-order valence-corrected chi connectivity index (χ2v) is 5.18. The molecule has 0 saturated carbocycles. The maximum Gasteiger partial charge on any atom is 0.408 e. The Morgan fingerprint density at radius 1 is 1.04 bits per heavy atom. The Balaban J connectivity index is 1.83. The van der Waals surface area contributed by atoms with Crippen molar-refractivity contribution >= 4 is 5.78 Å². The fraction of sp³-hybridized carbons (Fsp3) is 0.462. The van der Waals surface area contributed by atoms with E-state index in [1.165, 1.54) is 6.33 Å². The predicted octanol–water partition coefficient (Wildman–Crippen LogP) is 1.68. The van der Waals surface area contributed by atoms with Crippen LogP contribution in [0.4, 0.5) is 13.2 Å². The van der Waals surface area contributed by atoms with Gasteiger partial charge in [-0.15, -0.1) is 0 Å². The zero-order valence-corrected chi connectivity index (χ0v) is 12.5. The van der Waals surface area contributed by atoms with Gasteiger partial charge < -0.3 is 0 Å². The van der Waals surface area contributed by atoms with E-state index < -0.39 is 12.7 Å². The molecule has 0 amide bonds. The van der Waals surface area contributed by atoms with E-state index in [1.807, 2.05) is 13.8 Å². The Labute approximate surface area is 129 Å². The number of hydrogen-bond donors (Lipinski definition) is 0. The predicted molar refractivity (Wildman–Crippen MR) is 73.7 cm³/mol. The van der Waals surface area contributed by atoms with Crippen LogP contribution in [-0.4, -0.2) is 40.5 Å². The first-order chi connectivity index (χ1) is 10.8. The first-order valence-electron chi connectivity index (χ1n) is 6.94. The topological polar surface area (TPSA) is 73.8 Å². The highest BCUT2D eigenvalue weighted by Crippen LogP contribution is 2.19. The standard InChI is InChI=1S/C13H14F3N7/c1-8-10(9(2)23-12(21-8)18-7-20-23)3-4-11-17-6-19-22(11)5-13(14,15)16/h6-7H,3-5H2,1-2H3. The smallest absolute Gasteiger partial charge is 0.241 e. The quantitative estimate of drug-likeness (QED) is 0.730. The largest absolute Gasteiger partial charge is 0.408 e. The van der Waals surface area contributed by atoms with Crippen LogP contribution in [0.3, 0.4) is 0 Å². The van der Waals surface area contributed by atoms with Crippen molar-refractivity contribution in [3.05, 3.63) is 35.4 Å². The van der Waals surface area contributed by atoms with Crippen molar-refractivity contribution in [2.24, 2.45) is 0 Å². The Morgan fingerprint density at radius 3 is 2.52 bits per heavy atom. The average molecular weight is 325 g/mol. The van der Waals surface area contributed by atoms with Gasteiger partial charge in [0.25, 0.3) is 5.78 Å². The lowest BCUT2D eigenvalue weighted by atomic mass is 10.1. The molecule has 10 heteroatoms. The highest BCUT2D eigenvalue weighted by Gasteiger charge is 2.29.